The van der Waals surface area contributed by atoms with E-state index in [0.29, 0.717) is 5.88 Å². The molecule has 2 aromatic rings. The maximum atomic E-state index is 6.03. The third-order valence-corrected chi connectivity index (χ3v) is 3.81. The van der Waals surface area contributed by atoms with E-state index < -0.39 is 0 Å². The molecule has 92 valence electrons. The lowest BCUT2D eigenvalue weighted by molar-refractivity contribution is 0.677. The highest BCUT2D eigenvalue weighted by Crippen LogP contribution is 2.22. The molecule has 0 amide bonds. The summed E-state index contributed by atoms with van der Waals surface area (Å²) in [5, 5.41) is 0.740. The number of hydrogen-bond donors (Lipinski definition) is 0. The third-order valence-electron chi connectivity index (χ3n) is 2.64. The Morgan fingerprint density at radius 3 is 2.94 bits per heavy atom. The molecule has 0 spiro atoms. The van der Waals surface area contributed by atoms with E-state index in [0.717, 1.165) is 40.6 Å². The summed E-state index contributed by atoms with van der Waals surface area (Å²) in [6, 6.07) is 5.76. The van der Waals surface area contributed by atoms with Gasteiger partial charge in [0.15, 0.2) is 0 Å². The Bertz CT molecular complexity index is 510. The molecule has 2 rings (SSSR count). The van der Waals surface area contributed by atoms with E-state index in [1.165, 1.54) is 0 Å². The van der Waals surface area contributed by atoms with Crippen LogP contribution in [0.5, 0.6) is 0 Å². The Morgan fingerprint density at radius 2 is 2.24 bits per heavy atom. The van der Waals surface area contributed by atoms with Crippen LogP contribution in [0.2, 0.25) is 5.02 Å². The minimum atomic E-state index is 0.436. The second-order valence-corrected chi connectivity index (χ2v) is 5.48. The summed E-state index contributed by atoms with van der Waals surface area (Å²) in [7, 11) is 0. The summed E-state index contributed by atoms with van der Waals surface area (Å²) in [5.41, 5.74) is 2.04. The van der Waals surface area contributed by atoms with Crippen molar-refractivity contribution in [3.05, 3.63) is 29.0 Å². The maximum absolute atomic E-state index is 6.03. The molecule has 0 radical (unpaired) electrons. The van der Waals surface area contributed by atoms with Crippen LogP contribution in [0, 0.1) is 0 Å². The van der Waals surface area contributed by atoms with E-state index in [9.17, 15) is 0 Å². The smallest absolute Gasteiger partial charge is 0.124 e. The fourth-order valence-electron chi connectivity index (χ4n) is 1.86. The predicted molar refractivity (Wildman–Crippen MR) is 77.3 cm³/mol. The second kappa shape index (κ2) is 5.98. The van der Waals surface area contributed by atoms with Gasteiger partial charge in [-0.1, -0.05) is 11.6 Å². The quantitative estimate of drug-likeness (QED) is 0.607. The Morgan fingerprint density at radius 1 is 1.41 bits per heavy atom. The number of rotatable bonds is 5. The molecule has 17 heavy (non-hydrogen) atoms. The van der Waals surface area contributed by atoms with Gasteiger partial charge in [-0.15, -0.1) is 11.6 Å². The zero-order valence-corrected chi connectivity index (χ0v) is 11.9. The lowest BCUT2D eigenvalue weighted by Gasteiger charge is -2.06. The van der Waals surface area contributed by atoms with Crippen LogP contribution in [-0.4, -0.2) is 21.6 Å². The van der Waals surface area contributed by atoms with Crippen molar-refractivity contribution in [2.75, 3.05) is 12.0 Å². The summed E-state index contributed by atoms with van der Waals surface area (Å²) in [6.45, 7) is 0.944. The largest absolute Gasteiger partial charge is 0.327 e. The van der Waals surface area contributed by atoms with Crippen molar-refractivity contribution in [2.24, 2.45) is 0 Å². The van der Waals surface area contributed by atoms with E-state index in [1.807, 2.05) is 30.0 Å². The predicted octanol–water partition coefficient (Wildman–Crippen LogP) is 4.18. The number of halogens is 2. The molecule has 0 saturated heterocycles. The average molecular weight is 289 g/mol. The van der Waals surface area contributed by atoms with E-state index in [2.05, 4.69) is 15.8 Å². The van der Waals surface area contributed by atoms with Gasteiger partial charge in [-0.3, -0.25) is 0 Å². The number of hydrogen-bond acceptors (Lipinski definition) is 2. The number of imidazole rings is 1. The fraction of sp³-hybridized carbons (Fsp3) is 0.417. The van der Waals surface area contributed by atoms with Gasteiger partial charge < -0.3 is 4.57 Å². The van der Waals surface area contributed by atoms with E-state index in [-0.39, 0.29) is 0 Å². The summed E-state index contributed by atoms with van der Waals surface area (Å²) in [6.07, 6.45) is 3.23. The van der Waals surface area contributed by atoms with Crippen molar-refractivity contribution in [3.63, 3.8) is 0 Å². The number of fused-ring (bicyclic) bond motifs is 1. The van der Waals surface area contributed by atoms with E-state index in [4.69, 9.17) is 23.2 Å². The molecule has 0 fully saturated rings. The minimum Gasteiger partial charge on any atom is -0.327 e. The third kappa shape index (κ3) is 2.90. The monoisotopic (exact) mass is 288 g/mol. The Kier molecular flexibility index (Phi) is 4.60. The normalized spacial score (nSPS) is 11.2. The van der Waals surface area contributed by atoms with Crippen molar-refractivity contribution < 1.29 is 0 Å². The molecule has 2 nitrogen and oxygen atoms in total. The molecule has 0 bridgehead atoms. The standard InChI is InChI=1S/C12H14Cl2N2S/c1-17-6-2-5-16-11-7-9(14)3-4-10(11)15-12(16)8-13/h3-4,7H,2,5-6,8H2,1H3. The van der Waals surface area contributed by atoms with Gasteiger partial charge in [0.05, 0.1) is 16.9 Å². The highest BCUT2D eigenvalue weighted by molar-refractivity contribution is 7.98. The number of thioether (sulfide) groups is 1. The van der Waals surface area contributed by atoms with Crippen LogP contribution in [0.1, 0.15) is 12.2 Å². The molecule has 1 heterocycles. The van der Waals surface area contributed by atoms with Crippen LogP contribution in [0.4, 0.5) is 0 Å². The molecule has 5 heteroatoms. The first-order valence-electron chi connectivity index (χ1n) is 5.46. The molecule has 0 saturated carbocycles. The Hall–Kier alpha value is -0.380. The molecule has 1 aromatic heterocycles. The lowest BCUT2D eigenvalue weighted by atomic mass is 10.3. The number of benzene rings is 1. The van der Waals surface area contributed by atoms with Gasteiger partial charge in [-0.25, -0.2) is 4.98 Å². The van der Waals surface area contributed by atoms with E-state index in [1.54, 1.807) is 0 Å². The molecule has 1 aromatic carbocycles. The van der Waals surface area contributed by atoms with Gasteiger partial charge in [-0.05, 0) is 36.6 Å². The zero-order chi connectivity index (χ0) is 12.3. The summed E-state index contributed by atoms with van der Waals surface area (Å²) >= 11 is 13.8. The van der Waals surface area contributed by atoms with E-state index >= 15 is 0 Å². The van der Waals surface area contributed by atoms with Crippen LogP contribution in [0.15, 0.2) is 18.2 Å². The molecule has 0 N–H and O–H groups in total. The van der Waals surface area contributed by atoms with Crippen molar-refractivity contribution in [1.82, 2.24) is 9.55 Å². The van der Waals surface area contributed by atoms with Crippen LogP contribution in [0.3, 0.4) is 0 Å². The van der Waals surface area contributed by atoms with Crippen molar-refractivity contribution in [2.45, 2.75) is 18.8 Å². The van der Waals surface area contributed by atoms with Gasteiger partial charge in [0.2, 0.25) is 0 Å². The molecule has 0 unspecified atom stereocenters. The molecular formula is C12H14Cl2N2S. The van der Waals surface area contributed by atoms with Crippen LogP contribution < -0.4 is 0 Å². The van der Waals surface area contributed by atoms with Crippen LogP contribution in [0.25, 0.3) is 11.0 Å². The van der Waals surface area contributed by atoms with Gasteiger partial charge in [-0.2, -0.15) is 11.8 Å². The Balaban J connectivity index is 2.38. The second-order valence-electron chi connectivity index (χ2n) is 3.79. The first kappa shape index (κ1) is 13.1. The number of nitrogens with zero attached hydrogens (tertiary/aromatic N) is 2. The first-order valence-corrected chi connectivity index (χ1v) is 7.76. The fourth-order valence-corrected chi connectivity index (χ4v) is 2.65. The van der Waals surface area contributed by atoms with Gasteiger partial charge in [0, 0.05) is 11.6 Å². The highest BCUT2D eigenvalue weighted by atomic mass is 35.5. The number of aryl methyl sites for hydroxylation is 1. The molecule has 0 aliphatic carbocycles. The summed E-state index contributed by atoms with van der Waals surface area (Å²) in [4.78, 5) is 4.52. The van der Waals surface area contributed by atoms with Crippen molar-refractivity contribution in [3.8, 4) is 0 Å². The zero-order valence-electron chi connectivity index (χ0n) is 9.62. The maximum Gasteiger partial charge on any atom is 0.124 e. The molecule has 0 atom stereocenters. The molecule has 0 aliphatic heterocycles. The Labute approximate surface area is 115 Å². The van der Waals surface area contributed by atoms with Gasteiger partial charge in [0.1, 0.15) is 5.82 Å². The number of aromatic nitrogens is 2. The summed E-state index contributed by atoms with van der Waals surface area (Å²) in [5.74, 6) is 2.50. The van der Waals surface area contributed by atoms with Gasteiger partial charge in [0.25, 0.3) is 0 Å². The van der Waals surface area contributed by atoms with Crippen LogP contribution >= 0.6 is 35.0 Å². The number of alkyl halides is 1. The van der Waals surface area contributed by atoms with Crippen molar-refractivity contribution in [1.29, 1.82) is 0 Å². The molecular weight excluding hydrogens is 275 g/mol. The first-order chi connectivity index (χ1) is 8.26. The SMILES string of the molecule is CSCCCn1c(CCl)nc2ccc(Cl)cc21. The van der Waals surface area contributed by atoms with Gasteiger partial charge >= 0.3 is 0 Å². The average Bonchev–Trinajstić information content (AvgIpc) is 2.67. The topological polar surface area (TPSA) is 17.8 Å². The summed E-state index contributed by atoms with van der Waals surface area (Å²) < 4.78 is 2.17. The highest BCUT2D eigenvalue weighted by Gasteiger charge is 2.09. The minimum absolute atomic E-state index is 0.436. The van der Waals surface area contributed by atoms with Crippen molar-refractivity contribution >= 4 is 46.0 Å². The van der Waals surface area contributed by atoms with Crippen LogP contribution in [-0.2, 0) is 12.4 Å². The lowest BCUT2D eigenvalue weighted by Crippen LogP contribution is -2.03. The molecule has 0 aliphatic rings.